The summed E-state index contributed by atoms with van der Waals surface area (Å²) in [4.78, 5) is 16.4. The molecule has 0 bridgehead atoms. The number of rotatable bonds is 7. The number of aliphatic hydroxyl groups is 1. The van der Waals surface area contributed by atoms with Crippen LogP contribution in [-0.4, -0.2) is 49.5 Å². The van der Waals surface area contributed by atoms with Crippen LogP contribution in [0.4, 0.5) is 23.2 Å². The van der Waals surface area contributed by atoms with Crippen LogP contribution < -0.4 is 4.90 Å². The van der Waals surface area contributed by atoms with Gasteiger partial charge in [-0.25, -0.2) is 4.39 Å². The predicted molar refractivity (Wildman–Crippen MR) is 120 cm³/mol. The van der Waals surface area contributed by atoms with Gasteiger partial charge in [-0.05, 0) is 61.7 Å². The van der Waals surface area contributed by atoms with Crippen molar-refractivity contribution < 1.29 is 27.5 Å². The number of Topliss-reactive ketones (excluding diaryl/α,β-unsaturated/α-hetero) is 1. The minimum atomic E-state index is -4.59. The maximum Gasteiger partial charge on any atom is 0.417 e. The molecule has 0 radical (unpaired) electrons. The minimum Gasteiger partial charge on any atom is -0.385 e. The van der Waals surface area contributed by atoms with Gasteiger partial charge in [0.1, 0.15) is 5.82 Å². The van der Waals surface area contributed by atoms with Crippen molar-refractivity contribution in [3.8, 4) is 0 Å². The van der Waals surface area contributed by atoms with Gasteiger partial charge in [-0.3, -0.25) is 4.79 Å². The summed E-state index contributed by atoms with van der Waals surface area (Å²) in [5.74, 6) is -0.479. The number of hydrogen-bond donors (Lipinski definition) is 1. The van der Waals surface area contributed by atoms with E-state index in [1.54, 1.807) is 19.0 Å². The first-order chi connectivity index (χ1) is 15.4. The van der Waals surface area contributed by atoms with Crippen molar-refractivity contribution in [3.63, 3.8) is 0 Å². The second-order valence-electron chi connectivity index (χ2n) is 8.65. The Morgan fingerprint density at radius 2 is 1.82 bits per heavy atom. The molecule has 0 unspecified atom stereocenters. The van der Waals surface area contributed by atoms with Crippen LogP contribution in [0.25, 0.3) is 0 Å². The Kier molecular flexibility index (Phi) is 7.71. The quantitative estimate of drug-likeness (QED) is 0.414. The number of benzene rings is 2. The molecule has 2 aromatic rings. The first kappa shape index (κ1) is 25.5. The Morgan fingerprint density at radius 1 is 1.15 bits per heavy atom. The van der Waals surface area contributed by atoms with Gasteiger partial charge < -0.3 is 14.9 Å². The highest BCUT2D eigenvalue weighted by Crippen LogP contribution is 2.40. The normalized spacial score (nSPS) is 16.6. The van der Waals surface area contributed by atoms with Crippen LogP contribution >= 0.6 is 11.6 Å². The van der Waals surface area contributed by atoms with Crippen LogP contribution in [-0.2, 0) is 11.8 Å². The van der Waals surface area contributed by atoms with Crippen LogP contribution in [0.5, 0.6) is 0 Å². The zero-order valence-electron chi connectivity index (χ0n) is 18.6. The van der Waals surface area contributed by atoms with Gasteiger partial charge in [-0.1, -0.05) is 17.7 Å². The zero-order chi connectivity index (χ0) is 24.4. The molecule has 1 aliphatic heterocycles. The summed E-state index contributed by atoms with van der Waals surface area (Å²) in [7, 11) is 3.50. The summed E-state index contributed by atoms with van der Waals surface area (Å²) in [6.45, 7) is 1.61. The van der Waals surface area contributed by atoms with Crippen LogP contribution in [0.3, 0.4) is 0 Å². The standard InChI is InChI=1S/C24H27ClF4N2O2/c1-30(2)21-15-17(26)6-7-18(21)22(32)4-3-11-31-12-9-23(33,10-13-31)16-5-8-20(25)19(14-16)24(27,28)29/h5-8,14-15,33H,3-4,9-13H2,1-2H3. The first-order valence-electron chi connectivity index (χ1n) is 10.7. The van der Waals surface area contributed by atoms with E-state index in [1.807, 2.05) is 0 Å². The Labute approximate surface area is 195 Å². The molecule has 2 aromatic carbocycles. The van der Waals surface area contributed by atoms with E-state index in [9.17, 15) is 27.5 Å². The fourth-order valence-electron chi connectivity index (χ4n) is 4.18. The number of carbonyl (C=O) groups is 1. The summed E-state index contributed by atoms with van der Waals surface area (Å²) < 4.78 is 53.1. The molecule has 1 saturated heterocycles. The van der Waals surface area contributed by atoms with Crippen molar-refractivity contribution in [2.24, 2.45) is 0 Å². The van der Waals surface area contributed by atoms with Crippen LogP contribution in [0, 0.1) is 5.82 Å². The van der Waals surface area contributed by atoms with Crippen molar-refractivity contribution in [1.82, 2.24) is 4.90 Å². The molecule has 180 valence electrons. The molecule has 0 aromatic heterocycles. The number of carbonyl (C=O) groups excluding carboxylic acids is 1. The summed E-state index contributed by atoms with van der Waals surface area (Å²) in [5, 5.41) is 10.6. The van der Waals surface area contributed by atoms with Crippen LogP contribution in [0.2, 0.25) is 5.02 Å². The van der Waals surface area contributed by atoms with Crippen LogP contribution in [0.1, 0.15) is 47.2 Å². The number of ketones is 1. The third-order valence-corrected chi connectivity index (χ3v) is 6.44. The van der Waals surface area contributed by atoms with Gasteiger partial charge in [0, 0.05) is 44.9 Å². The first-order valence-corrected chi connectivity index (χ1v) is 11.1. The lowest BCUT2D eigenvalue weighted by Gasteiger charge is -2.38. The van der Waals surface area contributed by atoms with Crippen molar-refractivity contribution >= 4 is 23.1 Å². The highest BCUT2D eigenvalue weighted by molar-refractivity contribution is 6.31. The van der Waals surface area contributed by atoms with Gasteiger partial charge in [0.05, 0.1) is 16.2 Å². The van der Waals surface area contributed by atoms with Crippen molar-refractivity contribution in [3.05, 3.63) is 63.9 Å². The molecular weight excluding hydrogens is 460 g/mol. The molecule has 9 heteroatoms. The van der Waals surface area contributed by atoms with E-state index in [0.29, 0.717) is 43.7 Å². The third kappa shape index (κ3) is 6.05. The average Bonchev–Trinajstić information content (AvgIpc) is 2.74. The van der Waals surface area contributed by atoms with Crippen molar-refractivity contribution in [2.75, 3.05) is 38.6 Å². The number of hydrogen-bond acceptors (Lipinski definition) is 4. The highest BCUT2D eigenvalue weighted by Gasteiger charge is 2.38. The molecule has 0 saturated carbocycles. The number of halogens is 5. The third-order valence-electron chi connectivity index (χ3n) is 6.11. The fourth-order valence-corrected chi connectivity index (χ4v) is 4.40. The van der Waals surface area contributed by atoms with E-state index in [4.69, 9.17) is 11.6 Å². The Bertz CT molecular complexity index is 1000. The smallest absolute Gasteiger partial charge is 0.385 e. The molecule has 0 spiro atoms. The summed E-state index contributed by atoms with van der Waals surface area (Å²) in [6.07, 6.45) is -3.15. The monoisotopic (exact) mass is 486 g/mol. The van der Waals surface area contributed by atoms with Gasteiger partial charge in [-0.2, -0.15) is 13.2 Å². The molecule has 4 nitrogen and oxygen atoms in total. The van der Waals surface area contributed by atoms with Gasteiger partial charge in [0.15, 0.2) is 5.78 Å². The van der Waals surface area contributed by atoms with Crippen molar-refractivity contribution in [2.45, 2.75) is 37.5 Å². The van der Waals surface area contributed by atoms with Gasteiger partial charge in [0.2, 0.25) is 0 Å². The lowest BCUT2D eigenvalue weighted by Crippen LogP contribution is -2.43. The molecule has 1 aliphatic rings. The zero-order valence-corrected chi connectivity index (χ0v) is 19.3. The highest BCUT2D eigenvalue weighted by atomic mass is 35.5. The molecule has 0 aliphatic carbocycles. The fraction of sp³-hybridized carbons (Fsp3) is 0.458. The number of anilines is 1. The van der Waals surface area contributed by atoms with Crippen molar-refractivity contribution in [1.29, 1.82) is 0 Å². The minimum absolute atomic E-state index is 0.0759. The van der Waals surface area contributed by atoms with E-state index >= 15 is 0 Å². The maximum atomic E-state index is 13.5. The lowest BCUT2D eigenvalue weighted by atomic mass is 9.83. The number of piperidine rings is 1. The second kappa shape index (κ2) is 9.99. The number of nitrogens with zero attached hydrogens (tertiary/aromatic N) is 2. The molecule has 1 fully saturated rings. The molecule has 1 N–H and O–H groups in total. The molecular formula is C24H27ClF4N2O2. The van der Waals surface area contributed by atoms with Crippen LogP contribution in [0.15, 0.2) is 36.4 Å². The molecule has 1 heterocycles. The Hall–Kier alpha value is -2.16. The van der Waals surface area contributed by atoms with Gasteiger partial charge >= 0.3 is 6.18 Å². The van der Waals surface area contributed by atoms with E-state index in [2.05, 4.69) is 4.90 Å². The Balaban J connectivity index is 1.56. The molecule has 33 heavy (non-hydrogen) atoms. The largest absolute Gasteiger partial charge is 0.417 e. The summed E-state index contributed by atoms with van der Waals surface area (Å²) in [6, 6.07) is 7.65. The molecule has 3 rings (SSSR count). The van der Waals surface area contributed by atoms with Gasteiger partial charge in [0.25, 0.3) is 0 Å². The van der Waals surface area contributed by atoms with E-state index in [1.165, 1.54) is 30.3 Å². The average molecular weight is 487 g/mol. The Morgan fingerprint density at radius 3 is 2.42 bits per heavy atom. The van der Waals surface area contributed by atoms with E-state index in [0.717, 1.165) is 6.07 Å². The maximum absolute atomic E-state index is 13.5. The SMILES string of the molecule is CN(C)c1cc(F)ccc1C(=O)CCCN1CCC(O)(c2ccc(Cl)c(C(F)(F)F)c2)CC1. The topological polar surface area (TPSA) is 43.8 Å². The van der Waals surface area contributed by atoms with E-state index < -0.39 is 28.2 Å². The number of alkyl halides is 3. The predicted octanol–water partition coefficient (Wildman–Crippen LogP) is 5.51. The lowest BCUT2D eigenvalue weighted by molar-refractivity contribution is -0.137. The number of likely N-dealkylation sites (tertiary alicyclic amines) is 1. The second-order valence-corrected chi connectivity index (χ2v) is 9.06. The van der Waals surface area contributed by atoms with Gasteiger partial charge in [-0.15, -0.1) is 0 Å². The molecule has 0 atom stereocenters. The summed E-state index contributed by atoms with van der Waals surface area (Å²) >= 11 is 5.69. The summed E-state index contributed by atoms with van der Waals surface area (Å²) in [5.41, 5.74) is -1.09. The molecule has 0 amide bonds. The van der Waals surface area contributed by atoms with E-state index in [-0.39, 0.29) is 24.2 Å².